The van der Waals surface area contributed by atoms with E-state index in [0.717, 1.165) is 19.8 Å². The number of hydrogen-bond donors (Lipinski definition) is 2. The Hall–Kier alpha value is -0.0500. The maximum atomic E-state index is 8.00. The van der Waals surface area contributed by atoms with Gasteiger partial charge in [-0.2, -0.15) is 0 Å². The summed E-state index contributed by atoms with van der Waals surface area (Å²) in [7, 11) is 5.04. The van der Waals surface area contributed by atoms with E-state index in [1.807, 2.05) is 33.4 Å². The summed E-state index contributed by atoms with van der Waals surface area (Å²) in [6, 6.07) is 0. The molecule has 0 bridgehead atoms. The zero-order valence-electron chi connectivity index (χ0n) is 16.1. The number of alkyl halides is 1. The van der Waals surface area contributed by atoms with Gasteiger partial charge in [0.05, 0.1) is 0 Å². The third-order valence-electron chi connectivity index (χ3n) is 0.866. The molecule has 0 aliphatic rings. The molecule has 0 spiro atoms. The van der Waals surface area contributed by atoms with Crippen LogP contribution in [0.15, 0.2) is 0 Å². The van der Waals surface area contributed by atoms with Crippen LogP contribution in [0, 0.1) is 0 Å². The lowest BCUT2D eigenvalue weighted by molar-refractivity contribution is -0.0979. The van der Waals surface area contributed by atoms with Crippen molar-refractivity contribution in [3.8, 4) is 0 Å². The fourth-order valence-corrected chi connectivity index (χ4v) is 0. The lowest BCUT2D eigenvalue weighted by Crippen LogP contribution is -1.73. The Labute approximate surface area is 147 Å². The maximum absolute atomic E-state index is 8.00. The average Bonchev–Trinajstić information content (AvgIpc) is 2.60. The highest BCUT2D eigenvalue weighted by Gasteiger charge is 1.52. The van der Waals surface area contributed by atoms with E-state index in [9.17, 15) is 0 Å². The summed E-state index contributed by atoms with van der Waals surface area (Å²) < 4.78 is 13.6. The number of halogens is 1. The van der Waals surface area contributed by atoms with Crippen molar-refractivity contribution in [2.24, 2.45) is 0 Å². The molecule has 0 radical (unpaired) electrons. The summed E-state index contributed by atoms with van der Waals surface area (Å²) in [5.74, 6) is 1.81. The Bertz CT molecular complexity index is 63.5. The summed E-state index contributed by atoms with van der Waals surface area (Å²) in [6.45, 7) is 14.2. The minimum atomic E-state index is 0.250. The van der Waals surface area contributed by atoms with Crippen LogP contribution in [-0.4, -0.2) is 77.2 Å². The number of aliphatic hydroxyl groups is 2. The molecule has 0 aliphatic carbocycles. The van der Waals surface area contributed by atoms with Gasteiger partial charge in [0.25, 0.3) is 0 Å². The van der Waals surface area contributed by atoms with Crippen LogP contribution in [0.4, 0.5) is 0 Å². The first-order chi connectivity index (χ1) is 10.6. The highest BCUT2D eigenvalue weighted by Crippen LogP contribution is 1.53. The van der Waals surface area contributed by atoms with Crippen molar-refractivity contribution in [3.05, 3.63) is 0 Å². The van der Waals surface area contributed by atoms with E-state index < -0.39 is 0 Å². The standard InChI is InChI=1S/3C3H8O.2C2H6O.CH3Br.CH2O/c3*1-3-4-2;2*1-2-3;2*1-2/h3*3H2,1-2H3;2*3H,2H2,1H3;1H3;1H2. The summed E-state index contributed by atoms with van der Waals surface area (Å²) in [5, 5.41) is 15.1. The Kier molecular flexibility index (Phi) is 258. The third-order valence-corrected chi connectivity index (χ3v) is 0.866. The van der Waals surface area contributed by atoms with Crippen LogP contribution in [0.5, 0.6) is 0 Å². The molecular formula is C15H41BrO6. The number of ether oxygens (including phenoxy) is 3. The lowest BCUT2D eigenvalue weighted by atomic mass is 10.9. The molecule has 0 aromatic heterocycles. The van der Waals surface area contributed by atoms with E-state index in [1.165, 1.54) is 0 Å². The molecule has 0 saturated carbocycles. The van der Waals surface area contributed by atoms with Crippen LogP contribution >= 0.6 is 15.9 Å². The van der Waals surface area contributed by atoms with Crippen molar-refractivity contribution in [1.29, 1.82) is 0 Å². The molecule has 0 aliphatic heterocycles. The second-order valence-corrected chi connectivity index (χ2v) is 2.36. The van der Waals surface area contributed by atoms with E-state index >= 15 is 0 Å². The van der Waals surface area contributed by atoms with Crippen LogP contribution in [-0.2, 0) is 19.0 Å². The van der Waals surface area contributed by atoms with Crippen molar-refractivity contribution < 1.29 is 29.2 Å². The Morgan fingerprint density at radius 3 is 0.727 bits per heavy atom. The van der Waals surface area contributed by atoms with Crippen molar-refractivity contribution in [1.82, 2.24) is 0 Å². The fourth-order valence-electron chi connectivity index (χ4n) is 0. The molecule has 0 heterocycles. The Balaban J connectivity index is -0.0000000243. The maximum Gasteiger partial charge on any atom is 0.106 e. The quantitative estimate of drug-likeness (QED) is 0.713. The molecule has 22 heavy (non-hydrogen) atoms. The molecule has 0 unspecified atom stereocenters. The number of rotatable bonds is 3. The minimum Gasteiger partial charge on any atom is -0.397 e. The van der Waals surface area contributed by atoms with Gasteiger partial charge in [-0.15, -0.1) is 0 Å². The molecule has 144 valence electrons. The first kappa shape index (κ1) is 43.1. The molecule has 0 aromatic carbocycles. The molecule has 0 rings (SSSR count). The molecule has 0 aromatic rings. The summed E-state index contributed by atoms with van der Waals surface area (Å²) in [6.07, 6.45) is 0. The highest BCUT2D eigenvalue weighted by atomic mass is 79.9. The van der Waals surface area contributed by atoms with Gasteiger partial charge in [0.15, 0.2) is 0 Å². The predicted octanol–water partition coefficient (Wildman–Crippen LogP) is 2.78. The largest absolute Gasteiger partial charge is 0.397 e. The SMILES string of the molecule is C=O.CBr.CCO.CCO.CCOC.CCOC.CCOC. The van der Waals surface area contributed by atoms with Gasteiger partial charge in [0.1, 0.15) is 6.79 Å². The van der Waals surface area contributed by atoms with E-state index in [4.69, 9.17) is 15.0 Å². The average molecular weight is 397 g/mol. The Morgan fingerprint density at radius 1 is 0.682 bits per heavy atom. The van der Waals surface area contributed by atoms with Gasteiger partial charge >= 0.3 is 0 Å². The molecule has 6 nitrogen and oxygen atoms in total. The van der Waals surface area contributed by atoms with Crippen molar-refractivity contribution in [3.63, 3.8) is 0 Å². The molecule has 7 heteroatoms. The molecular weight excluding hydrogens is 356 g/mol. The highest BCUT2D eigenvalue weighted by molar-refractivity contribution is 9.08. The lowest BCUT2D eigenvalue weighted by Gasteiger charge is -1.76. The van der Waals surface area contributed by atoms with Crippen LogP contribution in [0.3, 0.4) is 0 Å². The second-order valence-electron chi connectivity index (χ2n) is 2.36. The molecule has 0 atom stereocenters. The molecule has 0 saturated heterocycles. The van der Waals surface area contributed by atoms with Crippen molar-refractivity contribution in [2.45, 2.75) is 34.6 Å². The summed E-state index contributed by atoms with van der Waals surface area (Å²) in [4.78, 5) is 8.00. The van der Waals surface area contributed by atoms with Gasteiger partial charge in [-0.25, -0.2) is 0 Å². The number of methoxy groups -OCH3 is 3. The number of carbonyl (C=O) groups excluding carboxylic acids is 1. The normalized spacial score (nSPS) is 6.18. The first-order valence-corrected chi connectivity index (χ1v) is 8.51. The zero-order chi connectivity index (χ0) is 19.7. The molecule has 2 N–H and O–H groups in total. The van der Waals surface area contributed by atoms with E-state index in [2.05, 4.69) is 30.1 Å². The smallest absolute Gasteiger partial charge is 0.106 e. The topological polar surface area (TPSA) is 85.2 Å². The zero-order valence-corrected chi connectivity index (χ0v) is 17.7. The first-order valence-electron chi connectivity index (χ1n) is 6.93. The minimum absolute atomic E-state index is 0.250. The van der Waals surface area contributed by atoms with Crippen molar-refractivity contribution >= 4 is 22.7 Å². The number of hydrogen-bond acceptors (Lipinski definition) is 6. The molecule has 0 fully saturated rings. The third kappa shape index (κ3) is 823. The molecule has 0 amide bonds. The van der Waals surface area contributed by atoms with Crippen LogP contribution in [0.25, 0.3) is 0 Å². The van der Waals surface area contributed by atoms with E-state index in [1.54, 1.807) is 35.2 Å². The summed E-state index contributed by atoms with van der Waals surface area (Å²) in [5.41, 5.74) is 0. The second kappa shape index (κ2) is 132. The fraction of sp³-hybridized carbons (Fsp3) is 0.933. The van der Waals surface area contributed by atoms with Crippen LogP contribution in [0.1, 0.15) is 34.6 Å². The number of carbonyl (C=O) groups is 1. The van der Waals surface area contributed by atoms with Crippen LogP contribution in [0.2, 0.25) is 0 Å². The summed E-state index contributed by atoms with van der Waals surface area (Å²) >= 11 is 2.94. The van der Waals surface area contributed by atoms with E-state index in [-0.39, 0.29) is 13.2 Å². The van der Waals surface area contributed by atoms with Gasteiger partial charge < -0.3 is 29.2 Å². The van der Waals surface area contributed by atoms with Gasteiger partial charge in [-0.3, -0.25) is 0 Å². The van der Waals surface area contributed by atoms with E-state index in [0.29, 0.717) is 0 Å². The van der Waals surface area contributed by atoms with Gasteiger partial charge in [0, 0.05) is 54.4 Å². The number of aliphatic hydroxyl groups excluding tert-OH is 2. The monoisotopic (exact) mass is 396 g/mol. The Morgan fingerprint density at radius 2 is 0.727 bits per heavy atom. The van der Waals surface area contributed by atoms with Crippen LogP contribution < -0.4 is 0 Å². The van der Waals surface area contributed by atoms with Crippen molar-refractivity contribution in [2.75, 3.05) is 60.2 Å². The van der Waals surface area contributed by atoms with Gasteiger partial charge in [0.2, 0.25) is 0 Å². The van der Waals surface area contributed by atoms with Gasteiger partial charge in [-0.05, 0) is 40.5 Å². The van der Waals surface area contributed by atoms with Gasteiger partial charge in [-0.1, -0.05) is 15.9 Å². The predicted molar refractivity (Wildman–Crippen MR) is 100 cm³/mol.